The van der Waals surface area contributed by atoms with Gasteiger partial charge in [-0.15, -0.1) is 24.0 Å². The van der Waals surface area contributed by atoms with Crippen LogP contribution in [0.25, 0.3) is 0 Å². The minimum Gasteiger partial charge on any atom is -0.370 e. The topological polar surface area (TPSA) is 41.6 Å². The Labute approximate surface area is 138 Å². The highest BCUT2D eigenvalue weighted by Gasteiger charge is 2.54. The predicted molar refractivity (Wildman–Crippen MR) is 94.7 cm³/mol. The maximum atomic E-state index is 6.04. The highest BCUT2D eigenvalue weighted by Crippen LogP contribution is 2.61. The summed E-state index contributed by atoms with van der Waals surface area (Å²) in [6.45, 7) is 7.01. The molecule has 0 aliphatic heterocycles. The molecule has 0 amide bonds. The van der Waals surface area contributed by atoms with E-state index in [1.807, 2.05) is 0 Å². The molecule has 4 heteroatoms. The first-order chi connectivity index (χ1) is 9.26. The molecule has 1 saturated carbocycles. The van der Waals surface area contributed by atoms with E-state index in [4.69, 9.17) is 5.73 Å². The van der Waals surface area contributed by atoms with Crippen LogP contribution in [0.1, 0.15) is 30.9 Å². The molecule has 2 aliphatic rings. The van der Waals surface area contributed by atoms with Crippen molar-refractivity contribution < 1.29 is 0 Å². The molecule has 3 nitrogen and oxygen atoms in total. The highest BCUT2D eigenvalue weighted by atomic mass is 127. The van der Waals surface area contributed by atoms with E-state index in [-0.39, 0.29) is 24.0 Å². The van der Waals surface area contributed by atoms with Gasteiger partial charge in [0.15, 0.2) is 5.96 Å². The smallest absolute Gasteiger partial charge is 0.191 e. The lowest BCUT2D eigenvalue weighted by Gasteiger charge is -2.19. The van der Waals surface area contributed by atoms with Crippen LogP contribution in [0.2, 0.25) is 0 Å². The van der Waals surface area contributed by atoms with Crippen molar-refractivity contribution in [1.82, 2.24) is 4.90 Å². The van der Waals surface area contributed by atoms with Gasteiger partial charge in [0.2, 0.25) is 0 Å². The molecular formula is C16H24IN3. The first-order valence-corrected chi connectivity index (χ1v) is 7.38. The molecule has 110 valence electrons. The average Bonchev–Trinajstić information content (AvgIpc) is 2.97. The summed E-state index contributed by atoms with van der Waals surface area (Å²) in [6.07, 6.45) is 1.24. The Morgan fingerprint density at radius 1 is 1.30 bits per heavy atom. The maximum Gasteiger partial charge on any atom is 0.191 e. The summed E-state index contributed by atoms with van der Waals surface area (Å²) in [5.41, 5.74) is 9.15. The molecule has 0 saturated heterocycles. The van der Waals surface area contributed by atoms with Crippen LogP contribution >= 0.6 is 24.0 Å². The standard InChI is InChI=1S/C16H23N3.HI/c1-3-19(4-2)16(17)18-10-14-13-9-11-7-5-6-8-12(11)15(13)14;/h5-8,13-15H,3-4,9-10H2,1-2H3,(H2,17,18);1H. The van der Waals surface area contributed by atoms with Crippen molar-refractivity contribution in [2.24, 2.45) is 22.6 Å². The molecule has 3 atom stereocenters. The van der Waals surface area contributed by atoms with Gasteiger partial charge >= 0.3 is 0 Å². The molecule has 0 radical (unpaired) electrons. The molecule has 1 aromatic carbocycles. The van der Waals surface area contributed by atoms with Crippen LogP contribution in [0.3, 0.4) is 0 Å². The van der Waals surface area contributed by atoms with Crippen LogP contribution in [-0.4, -0.2) is 30.5 Å². The molecule has 2 N–H and O–H groups in total. The third kappa shape index (κ3) is 2.67. The summed E-state index contributed by atoms with van der Waals surface area (Å²) in [6, 6.07) is 8.86. The number of halogens is 1. The monoisotopic (exact) mass is 385 g/mol. The van der Waals surface area contributed by atoms with Crippen LogP contribution in [0.4, 0.5) is 0 Å². The SMILES string of the molecule is CCN(CC)C(N)=NCC1C2Cc3ccccc3C12.I. The van der Waals surface area contributed by atoms with E-state index in [1.165, 1.54) is 6.42 Å². The zero-order valence-electron chi connectivity index (χ0n) is 12.2. The third-order valence-corrected chi connectivity index (χ3v) is 4.75. The van der Waals surface area contributed by atoms with Gasteiger partial charge < -0.3 is 10.6 Å². The molecule has 0 spiro atoms. The normalized spacial score (nSPS) is 26.5. The number of rotatable bonds is 4. The van der Waals surface area contributed by atoms with Gasteiger partial charge in [0, 0.05) is 19.6 Å². The Balaban J connectivity index is 0.00000147. The van der Waals surface area contributed by atoms with Crippen molar-refractivity contribution in [3.63, 3.8) is 0 Å². The van der Waals surface area contributed by atoms with Gasteiger partial charge in [0.25, 0.3) is 0 Å². The minimum absolute atomic E-state index is 0. The number of fused-ring (bicyclic) bond motifs is 3. The molecular weight excluding hydrogens is 361 g/mol. The van der Waals surface area contributed by atoms with E-state index in [9.17, 15) is 0 Å². The Bertz CT molecular complexity index is 496. The number of hydrogen-bond acceptors (Lipinski definition) is 1. The van der Waals surface area contributed by atoms with E-state index in [1.54, 1.807) is 11.1 Å². The van der Waals surface area contributed by atoms with Crippen LogP contribution in [0, 0.1) is 11.8 Å². The molecule has 2 aliphatic carbocycles. The van der Waals surface area contributed by atoms with Crippen LogP contribution in [-0.2, 0) is 6.42 Å². The zero-order chi connectivity index (χ0) is 13.4. The second kappa shape index (κ2) is 6.33. The lowest BCUT2D eigenvalue weighted by molar-refractivity contribution is 0.457. The summed E-state index contributed by atoms with van der Waals surface area (Å²) < 4.78 is 0. The Morgan fingerprint density at radius 2 is 2.00 bits per heavy atom. The van der Waals surface area contributed by atoms with E-state index < -0.39 is 0 Å². The summed E-state index contributed by atoms with van der Waals surface area (Å²) >= 11 is 0. The van der Waals surface area contributed by atoms with Crippen LogP contribution < -0.4 is 5.73 Å². The maximum absolute atomic E-state index is 6.04. The van der Waals surface area contributed by atoms with Crippen molar-refractivity contribution in [3.05, 3.63) is 35.4 Å². The number of aliphatic imine (C=N–C) groups is 1. The molecule has 3 unspecified atom stereocenters. The van der Waals surface area contributed by atoms with Crippen LogP contribution in [0.15, 0.2) is 29.3 Å². The fourth-order valence-electron chi connectivity index (χ4n) is 3.58. The number of nitrogens with two attached hydrogens (primary N) is 1. The second-order valence-electron chi connectivity index (χ2n) is 5.63. The van der Waals surface area contributed by atoms with Gasteiger partial charge in [-0.1, -0.05) is 24.3 Å². The van der Waals surface area contributed by atoms with E-state index in [2.05, 4.69) is 48.0 Å². The van der Waals surface area contributed by atoms with Gasteiger partial charge in [-0.05, 0) is 49.1 Å². The largest absolute Gasteiger partial charge is 0.370 e. The highest BCUT2D eigenvalue weighted by molar-refractivity contribution is 14.0. The Morgan fingerprint density at radius 3 is 2.70 bits per heavy atom. The fourth-order valence-corrected chi connectivity index (χ4v) is 3.58. The van der Waals surface area contributed by atoms with E-state index in [0.717, 1.165) is 37.4 Å². The first-order valence-electron chi connectivity index (χ1n) is 7.38. The van der Waals surface area contributed by atoms with Gasteiger partial charge in [-0.2, -0.15) is 0 Å². The lowest BCUT2D eigenvalue weighted by Crippen LogP contribution is -2.37. The van der Waals surface area contributed by atoms with Gasteiger partial charge in [0.05, 0.1) is 0 Å². The van der Waals surface area contributed by atoms with E-state index in [0.29, 0.717) is 5.96 Å². The predicted octanol–water partition coefficient (Wildman–Crippen LogP) is 2.85. The van der Waals surface area contributed by atoms with Crippen molar-refractivity contribution in [2.75, 3.05) is 19.6 Å². The third-order valence-electron chi connectivity index (χ3n) is 4.75. The van der Waals surface area contributed by atoms with Gasteiger partial charge in [-0.25, -0.2) is 0 Å². The van der Waals surface area contributed by atoms with Crippen molar-refractivity contribution in [3.8, 4) is 0 Å². The average molecular weight is 385 g/mol. The molecule has 0 bridgehead atoms. The number of nitrogens with zero attached hydrogens (tertiary/aromatic N) is 2. The van der Waals surface area contributed by atoms with E-state index >= 15 is 0 Å². The van der Waals surface area contributed by atoms with Crippen molar-refractivity contribution in [2.45, 2.75) is 26.2 Å². The lowest BCUT2D eigenvalue weighted by atomic mass is 10.0. The summed E-state index contributed by atoms with van der Waals surface area (Å²) in [7, 11) is 0. The minimum atomic E-state index is 0. The summed E-state index contributed by atoms with van der Waals surface area (Å²) in [5.74, 6) is 3.02. The number of hydrogen-bond donors (Lipinski definition) is 1. The zero-order valence-corrected chi connectivity index (χ0v) is 14.6. The van der Waals surface area contributed by atoms with Crippen molar-refractivity contribution >= 4 is 29.9 Å². The van der Waals surface area contributed by atoms with Crippen LogP contribution in [0.5, 0.6) is 0 Å². The Kier molecular flexibility index (Phi) is 4.94. The van der Waals surface area contributed by atoms with Gasteiger partial charge in [0.1, 0.15) is 0 Å². The first kappa shape index (κ1) is 15.6. The molecule has 0 heterocycles. The molecule has 1 fully saturated rings. The molecule has 1 aromatic rings. The molecule has 20 heavy (non-hydrogen) atoms. The second-order valence-corrected chi connectivity index (χ2v) is 5.63. The van der Waals surface area contributed by atoms with Crippen molar-refractivity contribution in [1.29, 1.82) is 0 Å². The summed E-state index contributed by atoms with van der Waals surface area (Å²) in [4.78, 5) is 6.72. The fraction of sp³-hybridized carbons (Fsp3) is 0.562. The molecule has 3 rings (SSSR count). The number of benzene rings is 1. The quantitative estimate of drug-likeness (QED) is 0.492. The van der Waals surface area contributed by atoms with Gasteiger partial charge in [-0.3, -0.25) is 4.99 Å². The molecule has 0 aromatic heterocycles. The number of guanidine groups is 1. The summed E-state index contributed by atoms with van der Waals surface area (Å²) in [5, 5.41) is 0. The Hall–Kier alpha value is -0.780.